The lowest BCUT2D eigenvalue weighted by Gasteiger charge is -2.15. The molecule has 19 heavy (non-hydrogen) atoms. The number of halogens is 2. The third-order valence-electron chi connectivity index (χ3n) is 2.75. The summed E-state index contributed by atoms with van der Waals surface area (Å²) in [5.74, 6) is -2.01. The summed E-state index contributed by atoms with van der Waals surface area (Å²) in [7, 11) is 0. The lowest BCUT2D eigenvalue weighted by Crippen LogP contribution is -2.30. The minimum absolute atomic E-state index is 0.0101. The van der Waals surface area contributed by atoms with Crippen molar-refractivity contribution in [2.75, 3.05) is 6.54 Å². The van der Waals surface area contributed by atoms with Crippen molar-refractivity contribution in [3.05, 3.63) is 39.4 Å². The van der Waals surface area contributed by atoms with Gasteiger partial charge in [-0.25, -0.2) is 4.39 Å². The topological polar surface area (TPSA) is 75.4 Å². The molecule has 0 saturated heterocycles. The average Bonchev–Trinajstić information content (AvgIpc) is 2.30. The summed E-state index contributed by atoms with van der Waals surface area (Å²) in [5, 5.41) is 22.8. The Hall–Kier alpha value is -1.60. The van der Waals surface area contributed by atoms with E-state index in [1.165, 1.54) is 0 Å². The average molecular weight is 274 g/mol. The fourth-order valence-corrected chi connectivity index (χ4v) is 1.45. The summed E-state index contributed by atoms with van der Waals surface area (Å²) in [6.07, 6.45) is -0.599. The summed E-state index contributed by atoms with van der Waals surface area (Å²) >= 11 is 0. The molecule has 1 unspecified atom stereocenters. The molecule has 0 aliphatic heterocycles. The Balaban J connectivity index is 2.73. The lowest BCUT2D eigenvalue weighted by atomic mass is 10.1. The van der Waals surface area contributed by atoms with E-state index >= 15 is 0 Å². The molecule has 106 valence electrons. The minimum Gasteiger partial charge on any atom is -0.392 e. The first-order valence-corrected chi connectivity index (χ1v) is 5.84. The van der Waals surface area contributed by atoms with Crippen molar-refractivity contribution in [2.45, 2.75) is 26.5 Å². The predicted octanol–water partition coefficient (Wildman–Crippen LogP) is 1.98. The standard InChI is InChI=1S/C12H16F2N2O3/c1-7(2)12(17)6-15-5-8-3-11(16(18)19)10(14)4-9(8)13/h3-4,7,12,15,17H,5-6H2,1-2H3. The van der Waals surface area contributed by atoms with Gasteiger partial charge in [-0.3, -0.25) is 10.1 Å². The Morgan fingerprint density at radius 1 is 1.37 bits per heavy atom. The van der Waals surface area contributed by atoms with Crippen molar-refractivity contribution in [1.29, 1.82) is 0 Å². The molecule has 2 N–H and O–H groups in total. The first-order valence-electron chi connectivity index (χ1n) is 5.84. The van der Waals surface area contributed by atoms with Gasteiger partial charge in [-0.15, -0.1) is 0 Å². The van der Waals surface area contributed by atoms with Gasteiger partial charge in [0.25, 0.3) is 0 Å². The largest absolute Gasteiger partial charge is 0.392 e. The van der Waals surface area contributed by atoms with Crippen molar-refractivity contribution in [2.24, 2.45) is 5.92 Å². The third-order valence-corrected chi connectivity index (χ3v) is 2.75. The number of benzene rings is 1. The fourth-order valence-electron chi connectivity index (χ4n) is 1.45. The van der Waals surface area contributed by atoms with Gasteiger partial charge in [0, 0.05) is 30.8 Å². The molecule has 0 aliphatic rings. The molecular formula is C12H16F2N2O3. The second-order valence-corrected chi connectivity index (χ2v) is 4.59. The molecule has 0 radical (unpaired) electrons. The summed E-state index contributed by atoms with van der Waals surface area (Å²) in [6, 6.07) is 1.35. The molecule has 0 bridgehead atoms. The second-order valence-electron chi connectivity index (χ2n) is 4.59. The van der Waals surface area contributed by atoms with Crippen LogP contribution in [0.2, 0.25) is 0 Å². The molecule has 0 saturated carbocycles. The van der Waals surface area contributed by atoms with E-state index in [9.17, 15) is 24.0 Å². The third kappa shape index (κ3) is 4.22. The molecule has 1 atom stereocenters. The van der Waals surface area contributed by atoms with Gasteiger partial charge in [0.2, 0.25) is 5.82 Å². The number of aliphatic hydroxyl groups is 1. The van der Waals surface area contributed by atoms with Gasteiger partial charge in [-0.1, -0.05) is 13.8 Å². The zero-order valence-electron chi connectivity index (χ0n) is 10.7. The van der Waals surface area contributed by atoms with E-state index in [0.29, 0.717) is 6.07 Å². The van der Waals surface area contributed by atoms with Gasteiger partial charge >= 0.3 is 5.69 Å². The molecule has 0 amide bonds. The van der Waals surface area contributed by atoms with E-state index in [-0.39, 0.29) is 24.6 Å². The lowest BCUT2D eigenvalue weighted by molar-refractivity contribution is -0.387. The van der Waals surface area contributed by atoms with E-state index in [1.807, 2.05) is 13.8 Å². The van der Waals surface area contributed by atoms with Gasteiger partial charge in [0.1, 0.15) is 5.82 Å². The Kier molecular flexibility index (Phi) is 5.31. The number of aliphatic hydroxyl groups excluding tert-OH is 1. The molecule has 1 aromatic carbocycles. The molecular weight excluding hydrogens is 258 g/mol. The van der Waals surface area contributed by atoms with Crippen molar-refractivity contribution < 1.29 is 18.8 Å². The van der Waals surface area contributed by atoms with E-state index < -0.39 is 28.3 Å². The van der Waals surface area contributed by atoms with Crippen LogP contribution in [0.3, 0.4) is 0 Å². The molecule has 7 heteroatoms. The SMILES string of the molecule is CC(C)C(O)CNCc1cc([N+](=O)[O-])c(F)cc1F. The van der Waals surface area contributed by atoms with E-state index in [2.05, 4.69) is 5.32 Å². The molecule has 0 fully saturated rings. The quantitative estimate of drug-likeness (QED) is 0.614. The molecule has 0 aliphatic carbocycles. The molecule has 1 aromatic rings. The monoisotopic (exact) mass is 274 g/mol. The zero-order valence-corrected chi connectivity index (χ0v) is 10.7. The highest BCUT2D eigenvalue weighted by molar-refractivity contribution is 5.37. The van der Waals surface area contributed by atoms with Crippen LogP contribution in [0.1, 0.15) is 19.4 Å². The van der Waals surface area contributed by atoms with Gasteiger partial charge in [0.15, 0.2) is 0 Å². The number of nitrogens with one attached hydrogen (secondary N) is 1. The molecule has 1 rings (SSSR count). The molecule has 0 spiro atoms. The number of hydrogen-bond acceptors (Lipinski definition) is 4. The van der Waals surface area contributed by atoms with E-state index in [0.717, 1.165) is 6.07 Å². The Morgan fingerprint density at radius 3 is 2.53 bits per heavy atom. The van der Waals surface area contributed by atoms with E-state index in [1.54, 1.807) is 0 Å². The predicted molar refractivity (Wildman–Crippen MR) is 65.6 cm³/mol. The first-order chi connectivity index (χ1) is 8.82. The van der Waals surface area contributed by atoms with Crippen LogP contribution in [-0.2, 0) is 6.54 Å². The Labute approximate surface area is 109 Å². The van der Waals surface area contributed by atoms with Crippen molar-refractivity contribution >= 4 is 5.69 Å². The number of nitro benzene ring substituents is 1. The number of nitro groups is 1. The zero-order chi connectivity index (χ0) is 14.6. The maximum atomic E-state index is 13.4. The smallest absolute Gasteiger partial charge is 0.305 e. The number of hydrogen-bond donors (Lipinski definition) is 2. The highest BCUT2D eigenvalue weighted by Crippen LogP contribution is 2.21. The number of nitrogens with zero attached hydrogens (tertiary/aromatic N) is 1. The first kappa shape index (κ1) is 15.5. The van der Waals surface area contributed by atoms with Gasteiger partial charge in [0.05, 0.1) is 11.0 Å². The second kappa shape index (κ2) is 6.53. The molecule has 0 aromatic heterocycles. The van der Waals surface area contributed by atoms with Gasteiger partial charge in [-0.2, -0.15) is 4.39 Å². The van der Waals surface area contributed by atoms with Crippen LogP contribution in [0.5, 0.6) is 0 Å². The van der Waals surface area contributed by atoms with Gasteiger partial charge in [-0.05, 0) is 5.92 Å². The van der Waals surface area contributed by atoms with Crippen LogP contribution in [0, 0.1) is 27.7 Å². The number of rotatable bonds is 6. The maximum Gasteiger partial charge on any atom is 0.305 e. The Morgan fingerprint density at radius 2 is 2.00 bits per heavy atom. The maximum absolute atomic E-state index is 13.4. The van der Waals surface area contributed by atoms with Crippen molar-refractivity contribution in [1.82, 2.24) is 5.32 Å². The summed E-state index contributed by atoms with van der Waals surface area (Å²) in [4.78, 5) is 9.64. The van der Waals surface area contributed by atoms with Crippen molar-refractivity contribution in [3.63, 3.8) is 0 Å². The van der Waals surface area contributed by atoms with Crippen LogP contribution in [0.4, 0.5) is 14.5 Å². The fraction of sp³-hybridized carbons (Fsp3) is 0.500. The highest BCUT2D eigenvalue weighted by Gasteiger charge is 2.18. The summed E-state index contributed by atoms with van der Waals surface area (Å²) < 4.78 is 26.5. The molecule has 5 nitrogen and oxygen atoms in total. The van der Waals surface area contributed by atoms with Crippen LogP contribution in [-0.4, -0.2) is 22.7 Å². The molecule has 0 heterocycles. The van der Waals surface area contributed by atoms with E-state index in [4.69, 9.17) is 0 Å². The normalized spacial score (nSPS) is 12.7. The van der Waals surface area contributed by atoms with Gasteiger partial charge < -0.3 is 10.4 Å². The van der Waals surface area contributed by atoms with Crippen LogP contribution in [0.15, 0.2) is 12.1 Å². The van der Waals surface area contributed by atoms with Crippen molar-refractivity contribution in [3.8, 4) is 0 Å². The van der Waals surface area contributed by atoms with Crippen LogP contribution >= 0.6 is 0 Å². The minimum atomic E-state index is -1.20. The van der Waals surface area contributed by atoms with Crippen LogP contribution < -0.4 is 5.32 Å². The highest BCUT2D eigenvalue weighted by atomic mass is 19.1. The summed E-state index contributed by atoms with van der Waals surface area (Å²) in [6.45, 7) is 3.87. The summed E-state index contributed by atoms with van der Waals surface area (Å²) in [5.41, 5.74) is -0.772. The van der Waals surface area contributed by atoms with Crippen LogP contribution in [0.25, 0.3) is 0 Å². The Bertz CT molecular complexity index is 467.